The first kappa shape index (κ1) is 16.9. The lowest BCUT2D eigenvalue weighted by Gasteiger charge is -2.21. The Morgan fingerprint density at radius 3 is 2.55 bits per heavy atom. The standard InChI is InChI=1S/C15H23F2NO2/c1-3-9-18-13(11-19-10-4-2)12-7-5-6-8-14(12)20-15(16)17/h5-8,13,15,18H,3-4,9-11H2,1-2H3. The number of rotatable bonds is 10. The topological polar surface area (TPSA) is 30.5 Å². The quantitative estimate of drug-likeness (QED) is 0.665. The molecule has 0 aliphatic rings. The number of alkyl halides is 2. The largest absolute Gasteiger partial charge is 0.434 e. The predicted molar refractivity (Wildman–Crippen MR) is 75.2 cm³/mol. The lowest BCUT2D eigenvalue weighted by Crippen LogP contribution is -2.27. The van der Waals surface area contributed by atoms with Gasteiger partial charge in [0, 0.05) is 12.2 Å². The summed E-state index contributed by atoms with van der Waals surface area (Å²) in [5.74, 6) is 0.205. The molecule has 0 bridgehead atoms. The summed E-state index contributed by atoms with van der Waals surface area (Å²) in [6.07, 6.45) is 1.89. The van der Waals surface area contributed by atoms with Crippen LogP contribution in [0.2, 0.25) is 0 Å². The maximum absolute atomic E-state index is 12.4. The molecule has 0 saturated heterocycles. The fourth-order valence-electron chi connectivity index (χ4n) is 1.89. The van der Waals surface area contributed by atoms with Crippen LogP contribution in [0.15, 0.2) is 24.3 Å². The highest BCUT2D eigenvalue weighted by Gasteiger charge is 2.17. The van der Waals surface area contributed by atoms with E-state index in [0.717, 1.165) is 19.4 Å². The van der Waals surface area contributed by atoms with Gasteiger partial charge in [0.25, 0.3) is 0 Å². The highest BCUT2D eigenvalue weighted by Crippen LogP contribution is 2.26. The van der Waals surface area contributed by atoms with E-state index in [2.05, 4.69) is 17.0 Å². The Kier molecular flexibility index (Phi) is 8.14. The second kappa shape index (κ2) is 9.66. The summed E-state index contributed by atoms with van der Waals surface area (Å²) in [6.45, 7) is 3.16. The molecule has 0 aromatic heterocycles. The molecule has 0 fully saturated rings. The molecule has 1 unspecified atom stereocenters. The van der Waals surface area contributed by atoms with Gasteiger partial charge in [-0.05, 0) is 25.5 Å². The molecule has 5 heteroatoms. The third kappa shape index (κ3) is 5.84. The molecule has 0 aliphatic carbocycles. The number of ether oxygens (including phenoxy) is 2. The van der Waals surface area contributed by atoms with Gasteiger partial charge in [0.2, 0.25) is 0 Å². The van der Waals surface area contributed by atoms with Crippen LogP contribution < -0.4 is 10.1 Å². The molecule has 1 rings (SSSR count). The molecule has 3 nitrogen and oxygen atoms in total. The summed E-state index contributed by atoms with van der Waals surface area (Å²) in [7, 11) is 0. The van der Waals surface area contributed by atoms with Crippen molar-refractivity contribution in [3.05, 3.63) is 29.8 Å². The van der Waals surface area contributed by atoms with Gasteiger partial charge in [-0.1, -0.05) is 32.0 Å². The Labute approximate surface area is 119 Å². The molecule has 0 amide bonds. The Morgan fingerprint density at radius 2 is 1.90 bits per heavy atom. The van der Waals surface area contributed by atoms with Gasteiger partial charge in [-0.25, -0.2) is 0 Å². The van der Waals surface area contributed by atoms with Crippen molar-refractivity contribution < 1.29 is 18.3 Å². The number of halogens is 2. The monoisotopic (exact) mass is 287 g/mol. The van der Waals surface area contributed by atoms with Gasteiger partial charge in [0.1, 0.15) is 5.75 Å². The first-order valence-electron chi connectivity index (χ1n) is 7.03. The van der Waals surface area contributed by atoms with Crippen LogP contribution in [-0.4, -0.2) is 26.4 Å². The Morgan fingerprint density at radius 1 is 1.15 bits per heavy atom. The molecule has 1 aromatic rings. The van der Waals surface area contributed by atoms with Crippen molar-refractivity contribution in [3.63, 3.8) is 0 Å². The number of benzene rings is 1. The molecule has 0 spiro atoms. The smallest absolute Gasteiger partial charge is 0.387 e. The summed E-state index contributed by atoms with van der Waals surface area (Å²) < 4.78 is 35.0. The van der Waals surface area contributed by atoms with Crippen LogP contribution in [-0.2, 0) is 4.74 Å². The van der Waals surface area contributed by atoms with Crippen molar-refractivity contribution in [2.24, 2.45) is 0 Å². The van der Waals surface area contributed by atoms with Crippen LogP contribution in [0.1, 0.15) is 38.3 Å². The van der Waals surface area contributed by atoms with Crippen molar-refractivity contribution in [2.75, 3.05) is 19.8 Å². The van der Waals surface area contributed by atoms with Crippen LogP contribution >= 0.6 is 0 Å². The molecule has 114 valence electrons. The molecule has 1 atom stereocenters. The first-order chi connectivity index (χ1) is 9.69. The van der Waals surface area contributed by atoms with Crippen LogP contribution in [0.4, 0.5) is 8.78 Å². The van der Waals surface area contributed by atoms with Gasteiger partial charge in [0.15, 0.2) is 0 Å². The van der Waals surface area contributed by atoms with Crippen molar-refractivity contribution >= 4 is 0 Å². The van der Waals surface area contributed by atoms with Crippen LogP contribution in [0.5, 0.6) is 5.75 Å². The molecular weight excluding hydrogens is 264 g/mol. The summed E-state index contributed by atoms with van der Waals surface area (Å²) in [6, 6.07) is 6.71. The van der Waals surface area contributed by atoms with E-state index in [4.69, 9.17) is 4.74 Å². The maximum Gasteiger partial charge on any atom is 0.387 e. The van der Waals surface area contributed by atoms with Crippen molar-refractivity contribution in [3.8, 4) is 5.75 Å². The summed E-state index contributed by atoms with van der Waals surface area (Å²) in [4.78, 5) is 0. The maximum atomic E-state index is 12.4. The number of hydrogen-bond acceptors (Lipinski definition) is 3. The summed E-state index contributed by atoms with van der Waals surface area (Å²) in [5, 5.41) is 3.31. The Hall–Kier alpha value is -1.20. The van der Waals surface area contributed by atoms with Crippen molar-refractivity contribution in [1.82, 2.24) is 5.32 Å². The zero-order valence-electron chi connectivity index (χ0n) is 12.1. The lowest BCUT2D eigenvalue weighted by molar-refractivity contribution is -0.0510. The highest BCUT2D eigenvalue weighted by molar-refractivity contribution is 5.36. The third-order valence-corrected chi connectivity index (χ3v) is 2.78. The number of nitrogens with one attached hydrogen (secondary N) is 1. The highest BCUT2D eigenvalue weighted by atomic mass is 19.3. The molecule has 0 radical (unpaired) electrons. The van der Waals surface area contributed by atoms with E-state index in [1.54, 1.807) is 18.2 Å². The van der Waals surface area contributed by atoms with Crippen molar-refractivity contribution in [1.29, 1.82) is 0 Å². The average molecular weight is 287 g/mol. The Bertz CT molecular complexity index is 375. The van der Waals surface area contributed by atoms with Gasteiger partial charge in [-0.3, -0.25) is 0 Å². The van der Waals surface area contributed by atoms with Gasteiger partial charge in [-0.15, -0.1) is 0 Å². The van der Waals surface area contributed by atoms with E-state index in [1.807, 2.05) is 13.0 Å². The van der Waals surface area contributed by atoms with Crippen LogP contribution in [0, 0.1) is 0 Å². The number of hydrogen-bond donors (Lipinski definition) is 1. The SMILES string of the molecule is CCCNC(COCCC)c1ccccc1OC(F)F. The van der Waals surface area contributed by atoms with Crippen molar-refractivity contribution in [2.45, 2.75) is 39.3 Å². The minimum absolute atomic E-state index is 0.142. The first-order valence-corrected chi connectivity index (χ1v) is 7.03. The van der Waals surface area contributed by atoms with Gasteiger partial charge in [-0.2, -0.15) is 8.78 Å². The van der Waals surface area contributed by atoms with E-state index >= 15 is 0 Å². The molecule has 0 saturated carbocycles. The zero-order valence-corrected chi connectivity index (χ0v) is 12.1. The van der Waals surface area contributed by atoms with Crippen LogP contribution in [0.3, 0.4) is 0 Å². The molecule has 0 heterocycles. The fourth-order valence-corrected chi connectivity index (χ4v) is 1.89. The van der Waals surface area contributed by atoms with Gasteiger partial charge in [0.05, 0.1) is 12.6 Å². The fraction of sp³-hybridized carbons (Fsp3) is 0.600. The second-order valence-electron chi connectivity index (χ2n) is 4.50. The lowest BCUT2D eigenvalue weighted by atomic mass is 10.1. The molecule has 20 heavy (non-hydrogen) atoms. The minimum Gasteiger partial charge on any atom is -0.434 e. The number of para-hydroxylation sites is 1. The van der Waals surface area contributed by atoms with Gasteiger partial charge >= 0.3 is 6.61 Å². The van der Waals surface area contributed by atoms with Crippen LogP contribution in [0.25, 0.3) is 0 Å². The van der Waals surface area contributed by atoms with E-state index in [-0.39, 0.29) is 11.8 Å². The molecular formula is C15H23F2NO2. The van der Waals surface area contributed by atoms with Gasteiger partial charge < -0.3 is 14.8 Å². The zero-order chi connectivity index (χ0) is 14.8. The minimum atomic E-state index is -2.82. The third-order valence-electron chi connectivity index (χ3n) is 2.78. The average Bonchev–Trinajstić information content (AvgIpc) is 2.43. The van der Waals surface area contributed by atoms with E-state index in [0.29, 0.717) is 18.8 Å². The molecule has 1 aromatic carbocycles. The Balaban J connectivity index is 2.81. The summed E-state index contributed by atoms with van der Waals surface area (Å²) >= 11 is 0. The molecule has 1 N–H and O–H groups in total. The molecule has 0 aliphatic heterocycles. The summed E-state index contributed by atoms with van der Waals surface area (Å²) in [5.41, 5.74) is 0.706. The van der Waals surface area contributed by atoms with E-state index < -0.39 is 6.61 Å². The van der Waals surface area contributed by atoms with E-state index in [9.17, 15) is 8.78 Å². The normalized spacial score (nSPS) is 12.7. The predicted octanol–water partition coefficient (Wildman–Crippen LogP) is 3.76. The second-order valence-corrected chi connectivity index (χ2v) is 4.50. The van der Waals surface area contributed by atoms with E-state index in [1.165, 1.54) is 0 Å².